The number of hydrogen-bond acceptors (Lipinski definition) is 4. The number of nitrogens with one attached hydrogen (secondary N) is 1. The highest BCUT2D eigenvalue weighted by Crippen LogP contribution is 2.25. The summed E-state index contributed by atoms with van der Waals surface area (Å²) in [6.45, 7) is 4.22. The van der Waals surface area contributed by atoms with E-state index in [0.29, 0.717) is 5.56 Å². The fourth-order valence-electron chi connectivity index (χ4n) is 2.62. The van der Waals surface area contributed by atoms with Crippen LogP contribution < -0.4 is 5.43 Å². The summed E-state index contributed by atoms with van der Waals surface area (Å²) in [4.78, 5) is 4.74. The average molecular weight is 330 g/mol. The summed E-state index contributed by atoms with van der Waals surface area (Å²) in [5.74, 6) is 0.970. The maximum atomic E-state index is 9.74. The molecule has 120 valence electrons. The van der Waals surface area contributed by atoms with Crippen molar-refractivity contribution in [1.82, 2.24) is 5.43 Å². The summed E-state index contributed by atoms with van der Waals surface area (Å²) in [6, 6.07) is 15.3. The second-order valence-corrected chi connectivity index (χ2v) is 6.04. The molecule has 0 fully saturated rings. The number of fused-ring (bicyclic) bond motifs is 1. The minimum atomic E-state index is -0.152. The van der Waals surface area contributed by atoms with E-state index < -0.39 is 0 Å². The molecule has 1 aliphatic rings. The first-order valence-electron chi connectivity index (χ1n) is 7.30. The predicted octanol–water partition coefficient (Wildman–Crippen LogP) is 3.52. The second kappa shape index (κ2) is 6.84. The zero-order chi connectivity index (χ0) is 15.6. The lowest BCUT2D eigenvalue weighted by atomic mass is 9.89. The molecule has 0 aliphatic carbocycles. The molecule has 2 aromatic carbocycles. The van der Waals surface area contributed by atoms with Crippen LogP contribution in [0.5, 0.6) is 5.75 Å². The van der Waals surface area contributed by atoms with Gasteiger partial charge < -0.3 is 5.11 Å². The normalized spacial score (nSPS) is 15.5. The molecule has 0 aromatic heterocycles. The van der Waals surface area contributed by atoms with Gasteiger partial charge >= 0.3 is 0 Å². The molecule has 23 heavy (non-hydrogen) atoms. The van der Waals surface area contributed by atoms with Gasteiger partial charge in [0.05, 0.1) is 11.8 Å². The maximum absolute atomic E-state index is 9.74. The van der Waals surface area contributed by atoms with Crippen molar-refractivity contribution in [2.75, 3.05) is 0 Å². The monoisotopic (exact) mass is 329 g/mol. The smallest absolute Gasteiger partial charge is 0.149 e. The number of phenols is 1. The summed E-state index contributed by atoms with van der Waals surface area (Å²) in [7, 11) is 0. The van der Waals surface area contributed by atoms with Gasteiger partial charge in [0.15, 0.2) is 0 Å². The Morgan fingerprint density at radius 2 is 1.83 bits per heavy atom. The number of halogens is 1. The van der Waals surface area contributed by atoms with Crippen molar-refractivity contribution in [2.24, 2.45) is 10.1 Å². The van der Waals surface area contributed by atoms with Crippen molar-refractivity contribution < 1.29 is 5.11 Å². The van der Waals surface area contributed by atoms with Gasteiger partial charge in [-0.1, -0.05) is 36.4 Å². The van der Waals surface area contributed by atoms with Crippen molar-refractivity contribution in [2.45, 2.75) is 25.8 Å². The van der Waals surface area contributed by atoms with Gasteiger partial charge in [0.25, 0.3) is 0 Å². The average Bonchev–Trinajstić information content (AvgIpc) is 2.48. The van der Waals surface area contributed by atoms with Crippen LogP contribution >= 0.6 is 12.4 Å². The molecule has 0 spiro atoms. The molecule has 0 saturated carbocycles. The second-order valence-electron chi connectivity index (χ2n) is 6.04. The number of nitrogens with zero attached hydrogens (tertiary/aromatic N) is 2. The third-order valence-corrected chi connectivity index (χ3v) is 3.62. The first-order valence-corrected chi connectivity index (χ1v) is 7.30. The molecule has 0 amide bonds. The third-order valence-electron chi connectivity index (χ3n) is 3.62. The van der Waals surface area contributed by atoms with Gasteiger partial charge in [-0.25, -0.2) is 0 Å². The SMILES string of the molecule is CC1(C)Cc2ccccc2C(N/N=C/c2ccccc2O)=N1.Cl. The fraction of sp³-hybridized carbons (Fsp3) is 0.222. The summed E-state index contributed by atoms with van der Waals surface area (Å²) in [5.41, 5.74) is 5.88. The molecule has 0 saturated heterocycles. The number of hydrogen-bond donors (Lipinski definition) is 2. The Kier molecular flexibility index (Phi) is 5.06. The van der Waals surface area contributed by atoms with Crippen LogP contribution in [0.15, 0.2) is 58.6 Å². The van der Waals surface area contributed by atoms with E-state index in [1.807, 2.05) is 24.3 Å². The van der Waals surface area contributed by atoms with Crippen LogP contribution in [0.3, 0.4) is 0 Å². The van der Waals surface area contributed by atoms with Crippen molar-refractivity contribution in [1.29, 1.82) is 0 Å². The zero-order valence-corrected chi connectivity index (χ0v) is 14.0. The van der Waals surface area contributed by atoms with Gasteiger partial charge in [0.2, 0.25) is 0 Å². The van der Waals surface area contributed by atoms with E-state index >= 15 is 0 Å². The van der Waals surface area contributed by atoms with Gasteiger partial charge in [-0.2, -0.15) is 5.10 Å². The van der Waals surface area contributed by atoms with E-state index in [2.05, 4.69) is 30.4 Å². The first-order chi connectivity index (χ1) is 10.6. The molecule has 4 nitrogen and oxygen atoms in total. The predicted molar refractivity (Wildman–Crippen MR) is 96.8 cm³/mol. The minimum absolute atomic E-state index is 0. The van der Waals surface area contributed by atoms with E-state index in [4.69, 9.17) is 4.99 Å². The number of rotatable bonds is 2. The summed E-state index contributed by atoms with van der Waals surface area (Å²) in [5, 5.41) is 14.0. The molecule has 0 bridgehead atoms. The lowest BCUT2D eigenvalue weighted by Crippen LogP contribution is -2.34. The van der Waals surface area contributed by atoms with Crippen LogP contribution in [0.1, 0.15) is 30.5 Å². The standard InChI is InChI=1S/C18H19N3O.ClH/c1-18(2)11-13-7-3-5-9-15(13)17(20-18)21-19-12-14-8-4-6-10-16(14)22;/h3-10,12,22H,11H2,1-2H3,(H,20,21);1H/b19-12+;. The number of aromatic hydroxyl groups is 1. The number of hydrazone groups is 1. The third kappa shape index (κ3) is 3.90. The van der Waals surface area contributed by atoms with Crippen molar-refractivity contribution in [3.05, 3.63) is 65.2 Å². The van der Waals surface area contributed by atoms with E-state index in [1.54, 1.807) is 24.4 Å². The van der Waals surface area contributed by atoms with Gasteiger partial charge in [-0.15, -0.1) is 12.4 Å². The summed E-state index contributed by atoms with van der Waals surface area (Å²) < 4.78 is 0. The first kappa shape index (κ1) is 17.0. The molecule has 1 heterocycles. The highest BCUT2D eigenvalue weighted by atomic mass is 35.5. The van der Waals surface area contributed by atoms with Crippen molar-refractivity contribution in [3.63, 3.8) is 0 Å². The zero-order valence-electron chi connectivity index (χ0n) is 13.2. The van der Waals surface area contributed by atoms with E-state index in [-0.39, 0.29) is 23.7 Å². The Labute approximate surface area is 142 Å². The minimum Gasteiger partial charge on any atom is -0.507 e. The Bertz CT molecular complexity index is 753. The van der Waals surface area contributed by atoms with Gasteiger partial charge in [-0.05, 0) is 38.0 Å². The summed E-state index contributed by atoms with van der Waals surface area (Å²) >= 11 is 0. The van der Waals surface area contributed by atoms with E-state index in [1.165, 1.54) is 5.56 Å². The van der Waals surface area contributed by atoms with E-state index in [9.17, 15) is 5.11 Å². The molecule has 2 aromatic rings. The lowest BCUT2D eigenvalue weighted by molar-refractivity contribution is 0.474. The van der Waals surface area contributed by atoms with Crippen LogP contribution in [0.4, 0.5) is 0 Å². The Balaban J connectivity index is 0.00000192. The molecule has 3 rings (SSSR count). The van der Waals surface area contributed by atoms with Crippen LogP contribution in [-0.4, -0.2) is 22.7 Å². The van der Waals surface area contributed by atoms with Crippen molar-refractivity contribution in [3.8, 4) is 5.75 Å². The molecular weight excluding hydrogens is 310 g/mol. The molecule has 0 atom stereocenters. The Morgan fingerprint density at radius 1 is 1.13 bits per heavy atom. The van der Waals surface area contributed by atoms with Crippen LogP contribution in [0.25, 0.3) is 0 Å². The van der Waals surface area contributed by atoms with E-state index in [0.717, 1.165) is 17.8 Å². The number of phenolic OH excluding ortho intramolecular Hbond substituents is 1. The van der Waals surface area contributed by atoms with Crippen LogP contribution in [0.2, 0.25) is 0 Å². The number of aliphatic imine (C=N–C) groups is 1. The Hall–Kier alpha value is -2.33. The van der Waals surface area contributed by atoms with Crippen LogP contribution in [0, 0.1) is 0 Å². The molecule has 2 N–H and O–H groups in total. The topological polar surface area (TPSA) is 57.0 Å². The molecule has 1 aliphatic heterocycles. The van der Waals surface area contributed by atoms with Gasteiger partial charge in [0, 0.05) is 11.1 Å². The summed E-state index contributed by atoms with van der Waals surface area (Å²) in [6.07, 6.45) is 2.51. The van der Waals surface area contributed by atoms with Gasteiger partial charge in [0.1, 0.15) is 11.6 Å². The fourth-order valence-corrected chi connectivity index (χ4v) is 2.62. The maximum Gasteiger partial charge on any atom is 0.149 e. The number of amidine groups is 1. The quantitative estimate of drug-likeness (QED) is 0.654. The number of benzene rings is 2. The largest absolute Gasteiger partial charge is 0.507 e. The molecule has 0 radical (unpaired) electrons. The Morgan fingerprint density at radius 3 is 2.61 bits per heavy atom. The van der Waals surface area contributed by atoms with Crippen molar-refractivity contribution >= 4 is 24.5 Å². The molecule has 5 heteroatoms. The van der Waals surface area contributed by atoms with Gasteiger partial charge in [-0.3, -0.25) is 10.4 Å². The highest BCUT2D eigenvalue weighted by molar-refractivity contribution is 6.01. The van der Waals surface area contributed by atoms with Crippen LogP contribution in [-0.2, 0) is 6.42 Å². The highest BCUT2D eigenvalue weighted by Gasteiger charge is 2.26. The lowest BCUT2D eigenvalue weighted by Gasteiger charge is -2.28. The molecular formula is C18H20ClN3O. The molecule has 0 unspecified atom stereocenters. The number of para-hydroxylation sites is 1.